The summed E-state index contributed by atoms with van der Waals surface area (Å²) in [7, 11) is 0. The molecule has 0 heterocycles. The minimum absolute atomic E-state index is 0.0310. The normalized spacial score (nSPS) is 10.0. The Morgan fingerprint density at radius 3 is 2.74 bits per heavy atom. The first kappa shape index (κ1) is 13.0. The van der Waals surface area contributed by atoms with Gasteiger partial charge in [0.2, 0.25) is 0 Å². The van der Waals surface area contributed by atoms with E-state index in [2.05, 4.69) is 5.32 Å². The van der Waals surface area contributed by atoms with E-state index < -0.39 is 5.82 Å². The molecule has 2 rings (SSSR count). The maximum absolute atomic E-state index is 13.4. The molecule has 0 aliphatic rings. The predicted molar refractivity (Wildman–Crippen MR) is 69.6 cm³/mol. The maximum atomic E-state index is 13.4. The Hall–Kier alpha value is -2.41. The van der Waals surface area contributed by atoms with Gasteiger partial charge in [0.1, 0.15) is 23.3 Å². The molecule has 0 spiro atoms. The van der Waals surface area contributed by atoms with Crippen molar-refractivity contribution in [2.24, 2.45) is 0 Å². The van der Waals surface area contributed by atoms with Crippen molar-refractivity contribution < 1.29 is 8.78 Å². The van der Waals surface area contributed by atoms with E-state index in [-0.39, 0.29) is 11.4 Å². The van der Waals surface area contributed by atoms with Crippen LogP contribution in [0.5, 0.6) is 0 Å². The van der Waals surface area contributed by atoms with Gasteiger partial charge >= 0.3 is 0 Å². The quantitative estimate of drug-likeness (QED) is 0.909. The van der Waals surface area contributed by atoms with Crippen LogP contribution in [-0.2, 0) is 6.54 Å². The van der Waals surface area contributed by atoms with Gasteiger partial charge in [0.15, 0.2) is 0 Å². The molecular weight excluding hydrogens is 246 g/mol. The van der Waals surface area contributed by atoms with Crippen LogP contribution in [0, 0.1) is 29.9 Å². The van der Waals surface area contributed by atoms with E-state index in [9.17, 15) is 8.78 Å². The highest BCUT2D eigenvalue weighted by Crippen LogP contribution is 2.19. The Kier molecular flexibility index (Phi) is 3.76. The van der Waals surface area contributed by atoms with E-state index in [1.54, 1.807) is 12.1 Å². The first-order chi connectivity index (χ1) is 9.11. The number of anilines is 1. The van der Waals surface area contributed by atoms with Gasteiger partial charge in [-0.25, -0.2) is 8.78 Å². The van der Waals surface area contributed by atoms with Crippen molar-refractivity contribution in [2.45, 2.75) is 13.5 Å². The first-order valence-electron chi connectivity index (χ1n) is 5.79. The molecule has 96 valence electrons. The molecule has 0 radical (unpaired) electrons. The molecule has 1 N–H and O–H groups in total. The zero-order valence-corrected chi connectivity index (χ0v) is 10.4. The van der Waals surface area contributed by atoms with Crippen LogP contribution >= 0.6 is 0 Å². The number of hydrogen-bond donors (Lipinski definition) is 1. The van der Waals surface area contributed by atoms with Crippen LogP contribution in [0.4, 0.5) is 14.5 Å². The lowest BCUT2D eigenvalue weighted by Crippen LogP contribution is -2.04. The van der Waals surface area contributed by atoms with Crippen LogP contribution in [0.2, 0.25) is 0 Å². The highest BCUT2D eigenvalue weighted by molar-refractivity contribution is 5.58. The number of nitrogens with one attached hydrogen (secondary N) is 1. The summed E-state index contributed by atoms with van der Waals surface area (Å²) in [6, 6.07) is 10.7. The Morgan fingerprint density at radius 1 is 1.21 bits per heavy atom. The van der Waals surface area contributed by atoms with Crippen molar-refractivity contribution in [2.75, 3.05) is 5.32 Å². The van der Waals surface area contributed by atoms with Crippen molar-refractivity contribution in [3.05, 3.63) is 64.7 Å². The summed E-state index contributed by atoms with van der Waals surface area (Å²) in [6.45, 7) is 2.20. The van der Waals surface area contributed by atoms with E-state index in [1.807, 2.05) is 13.0 Å². The number of nitriles is 1. The highest BCUT2D eigenvalue weighted by Gasteiger charge is 2.08. The maximum Gasteiger partial charge on any atom is 0.143 e. The van der Waals surface area contributed by atoms with Crippen LogP contribution in [0.25, 0.3) is 0 Å². The zero-order valence-electron chi connectivity index (χ0n) is 10.4. The summed E-state index contributed by atoms with van der Waals surface area (Å²) in [5.41, 5.74) is 2.08. The van der Waals surface area contributed by atoms with Crippen molar-refractivity contribution in [1.82, 2.24) is 0 Å². The highest BCUT2D eigenvalue weighted by atomic mass is 19.1. The summed E-state index contributed by atoms with van der Waals surface area (Å²) >= 11 is 0. The minimum atomic E-state index is -0.566. The molecule has 0 amide bonds. The molecule has 0 saturated heterocycles. The number of aryl methyl sites for hydroxylation is 1. The Morgan fingerprint density at radius 2 is 2.00 bits per heavy atom. The van der Waals surface area contributed by atoms with Crippen molar-refractivity contribution in [1.29, 1.82) is 5.26 Å². The fourth-order valence-electron chi connectivity index (χ4n) is 1.81. The Balaban J connectivity index is 2.22. The standard InChI is InChI=1S/C15H12F2N2/c1-10-5-6-12(16)7-11(10)9-19-15-4-2-3-14(17)13(15)8-18/h2-7,19H,9H2,1H3. The fraction of sp³-hybridized carbons (Fsp3) is 0.133. The van der Waals surface area contributed by atoms with Crippen LogP contribution in [0.1, 0.15) is 16.7 Å². The van der Waals surface area contributed by atoms with Gasteiger partial charge in [-0.3, -0.25) is 0 Å². The molecule has 0 saturated carbocycles. The molecule has 2 aromatic carbocycles. The van der Waals surface area contributed by atoms with Gasteiger partial charge in [-0.1, -0.05) is 12.1 Å². The lowest BCUT2D eigenvalue weighted by molar-refractivity contribution is 0.623. The molecule has 19 heavy (non-hydrogen) atoms. The second kappa shape index (κ2) is 5.49. The predicted octanol–water partition coefficient (Wildman–Crippen LogP) is 3.76. The molecule has 0 atom stereocenters. The van der Waals surface area contributed by atoms with Crippen LogP contribution in [0.15, 0.2) is 36.4 Å². The second-order valence-corrected chi connectivity index (χ2v) is 4.20. The van der Waals surface area contributed by atoms with E-state index in [4.69, 9.17) is 5.26 Å². The molecular formula is C15H12F2N2. The topological polar surface area (TPSA) is 35.8 Å². The third-order valence-electron chi connectivity index (χ3n) is 2.91. The molecule has 2 nitrogen and oxygen atoms in total. The van der Waals surface area contributed by atoms with E-state index in [1.165, 1.54) is 24.3 Å². The van der Waals surface area contributed by atoms with E-state index in [0.717, 1.165) is 11.1 Å². The molecule has 0 fully saturated rings. The molecule has 0 aliphatic heterocycles. The summed E-state index contributed by atoms with van der Waals surface area (Å²) in [5, 5.41) is 11.9. The summed E-state index contributed by atoms with van der Waals surface area (Å²) in [4.78, 5) is 0. The number of halogens is 2. The fourth-order valence-corrected chi connectivity index (χ4v) is 1.81. The molecule has 2 aromatic rings. The van der Waals surface area contributed by atoms with Crippen molar-refractivity contribution >= 4 is 5.69 Å². The van der Waals surface area contributed by atoms with Gasteiger partial charge in [0.25, 0.3) is 0 Å². The third kappa shape index (κ3) is 2.89. The SMILES string of the molecule is Cc1ccc(F)cc1CNc1cccc(F)c1C#N. The zero-order chi connectivity index (χ0) is 13.8. The monoisotopic (exact) mass is 258 g/mol. The number of rotatable bonds is 3. The van der Waals surface area contributed by atoms with Gasteiger partial charge in [0.05, 0.1) is 5.69 Å². The van der Waals surface area contributed by atoms with E-state index >= 15 is 0 Å². The van der Waals surface area contributed by atoms with Gasteiger partial charge in [-0.15, -0.1) is 0 Å². The number of benzene rings is 2. The van der Waals surface area contributed by atoms with E-state index in [0.29, 0.717) is 12.2 Å². The lowest BCUT2D eigenvalue weighted by Gasteiger charge is -2.10. The smallest absolute Gasteiger partial charge is 0.143 e. The van der Waals surface area contributed by atoms with Crippen molar-refractivity contribution in [3.8, 4) is 6.07 Å². The average molecular weight is 258 g/mol. The average Bonchev–Trinajstić information content (AvgIpc) is 2.40. The molecule has 0 bridgehead atoms. The molecule has 0 aliphatic carbocycles. The molecule has 0 unspecified atom stereocenters. The second-order valence-electron chi connectivity index (χ2n) is 4.20. The van der Waals surface area contributed by atoms with Crippen LogP contribution in [-0.4, -0.2) is 0 Å². The number of nitrogens with zero attached hydrogens (tertiary/aromatic N) is 1. The van der Waals surface area contributed by atoms with Gasteiger partial charge in [-0.05, 0) is 42.3 Å². The Labute approximate surface area is 110 Å². The molecule has 0 aromatic heterocycles. The Bertz CT molecular complexity index is 645. The summed E-state index contributed by atoms with van der Waals surface area (Å²) < 4.78 is 26.5. The lowest BCUT2D eigenvalue weighted by atomic mass is 10.1. The first-order valence-corrected chi connectivity index (χ1v) is 5.79. The number of hydrogen-bond acceptors (Lipinski definition) is 2. The van der Waals surface area contributed by atoms with Crippen LogP contribution < -0.4 is 5.32 Å². The van der Waals surface area contributed by atoms with Crippen molar-refractivity contribution in [3.63, 3.8) is 0 Å². The van der Waals surface area contributed by atoms with Gasteiger partial charge in [-0.2, -0.15) is 5.26 Å². The largest absolute Gasteiger partial charge is 0.380 e. The van der Waals surface area contributed by atoms with Crippen LogP contribution in [0.3, 0.4) is 0 Å². The molecule has 4 heteroatoms. The summed E-state index contributed by atoms with van der Waals surface area (Å²) in [6.07, 6.45) is 0. The van der Waals surface area contributed by atoms with Gasteiger partial charge in [0, 0.05) is 6.54 Å². The van der Waals surface area contributed by atoms with Gasteiger partial charge < -0.3 is 5.32 Å². The minimum Gasteiger partial charge on any atom is -0.380 e. The summed E-state index contributed by atoms with van der Waals surface area (Å²) in [5.74, 6) is -0.884. The third-order valence-corrected chi connectivity index (χ3v) is 2.91.